The Morgan fingerprint density at radius 3 is 2.26 bits per heavy atom. The molecule has 8 heteroatoms. The number of aliphatic hydroxyl groups excluding tert-OH is 1. The van der Waals surface area contributed by atoms with Gasteiger partial charge in [-0.25, -0.2) is 0 Å². The summed E-state index contributed by atoms with van der Waals surface area (Å²) in [5, 5.41) is 9.20. The predicted octanol–water partition coefficient (Wildman–Crippen LogP) is 2.84. The highest BCUT2D eigenvalue weighted by Gasteiger charge is 2.73. The third-order valence-corrected chi connectivity index (χ3v) is 9.85. The van der Waals surface area contributed by atoms with E-state index in [0.717, 1.165) is 32.1 Å². The molecular weight excluding hydrogens is 462 g/mol. The van der Waals surface area contributed by atoms with Crippen LogP contribution < -0.4 is 0 Å². The standard InChI is InChI=1S/C27H41N3O4S/c1-4-6-15-29-17-11-13-27-21(24(33)30(22(27)25(29)34)18-8-7-9-19-31)20-23(32)28(14-5-2)16-10-12-26(20,3)35-27/h10-13,20-22,31H,4-9,14-19H2,1-3H3/t20-,21+,22?,26+,27+/m1/s1. The molecule has 4 rings (SSSR count). The van der Waals surface area contributed by atoms with Crippen molar-refractivity contribution in [1.29, 1.82) is 0 Å². The Morgan fingerprint density at radius 1 is 0.857 bits per heavy atom. The number of likely N-dealkylation sites (tertiary alicyclic amines) is 1. The van der Waals surface area contributed by atoms with E-state index in [4.69, 9.17) is 0 Å². The molecule has 0 aliphatic carbocycles. The molecule has 2 fully saturated rings. The highest BCUT2D eigenvalue weighted by molar-refractivity contribution is 8.02. The zero-order chi connectivity index (χ0) is 25.2. The molecule has 0 aromatic heterocycles. The molecule has 2 saturated heterocycles. The first-order chi connectivity index (χ1) is 16.8. The number of nitrogens with zero attached hydrogens (tertiary/aromatic N) is 3. The number of amides is 3. The molecule has 3 amide bonds. The summed E-state index contributed by atoms with van der Waals surface area (Å²) in [4.78, 5) is 47.7. The fraction of sp³-hybridized carbons (Fsp3) is 0.741. The minimum atomic E-state index is -0.749. The van der Waals surface area contributed by atoms with Gasteiger partial charge in [0.2, 0.25) is 17.7 Å². The van der Waals surface area contributed by atoms with Crippen LogP contribution >= 0.6 is 11.8 Å². The van der Waals surface area contributed by atoms with Gasteiger partial charge in [0.1, 0.15) is 6.04 Å². The van der Waals surface area contributed by atoms with Crippen LogP contribution in [0.2, 0.25) is 0 Å². The molecule has 1 unspecified atom stereocenters. The van der Waals surface area contributed by atoms with Crippen LogP contribution in [-0.4, -0.2) is 92.4 Å². The zero-order valence-electron chi connectivity index (χ0n) is 21.4. The van der Waals surface area contributed by atoms with Crippen LogP contribution in [0.3, 0.4) is 0 Å². The van der Waals surface area contributed by atoms with E-state index in [1.807, 2.05) is 9.80 Å². The van der Waals surface area contributed by atoms with Gasteiger partial charge in [0.15, 0.2) is 0 Å². The van der Waals surface area contributed by atoms with Gasteiger partial charge in [0, 0.05) is 44.1 Å². The van der Waals surface area contributed by atoms with E-state index in [-0.39, 0.29) is 24.3 Å². The molecule has 35 heavy (non-hydrogen) atoms. The van der Waals surface area contributed by atoms with E-state index >= 15 is 0 Å². The van der Waals surface area contributed by atoms with Gasteiger partial charge in [-0.1, -0.05) is 44.6 Å². The summed E-state index contributed by atoms with van der Waals surface area (Å²) in [7, 11) is 0. The van der Waals surface area contributed by atoms with Gasteiger partial charge < -0.3 is 19.8 Å². The summed E-state index contributed by atoms with van der Waals surface area (Å²) in [6.07, 6.45) is 13.4. The van der Waals surface area contributed by atoms with Crippen LogP contribution in [0.15, 0.2) is 24.3 Å². The van der Waals surface area contributed by atoms with Crippen molar-refractivity contribution in [3.8, 4) is 0 Å². The van der Waals surface area contributed by atoms with Crippen molar-refractivity contribution in [2.24, 2.45) is 11.8 Å². The van der Waals surface area contributed by atoms with Gasteiger partial charge in [-0.3, -0.25) is 14.4 Å². The molecule has 0 saturated carbocycles. The molecule has 5 atom stereocenters. The third-order valence-electron chi connectivity index (χ3n) is 8.06. The number of rotatable bonds is 10. The molecule has 0 aromatic rings. The Morgan fingerprint density at radius 2 is 1.57 bits per heavy atom. The van der Waals surface area contributed by atoms with Gasteiger partial charge in [-0.05, 0) is 39.0 Å². The van der Waals surface area contributed by atoms with E-state index in [2.05, 4.69) is 45.1 Å². The Labute approximate surface area is 214 Å². The average molecular weight is 504 g/mol. The minimum Gasteiger partial charge on any atom is -0.396 e. The quantitative estimate of drug-likeness (QED) is 0.366. The van der Waals surface area contributed by atoms with Crippen molar-refractivity contribution in [1.82, 2.24) is 14.7 Å². The number of aliphatic hydroxyl groups is 1. The van der Waals surface area contributed by atoms with Crippen molar-refractivity contribution < 1.29 is 19.5 Å². The Hall–Kier alpha value is -1.80. The second-order valence-electron chi connectivity index (χ2n) is 10.5. The van der Waals surface area contributed by atoms with Crippen molar-refractivity contribution in [3.63, 3.8) is 0 Å². The first-order valence-corrected chi connectivity index (χ1v) is 14.2. The van der Waals surface area contributed by atoms with Crippen molar-refractivity contribution in [2.75, 3.05) is 39.3 Å². The monoisotopic (exact) mass is 503 g/mol. The third kappa shape index (κ3) is 4.45. The normalized spacial score (nSPS) is 34.2. The molecule has 1 N–H and O–H groups in total. The number of carbonyl (C=O) groups is 3. The van der Waals surface area contributed by atoms with Crippen LogP contribution in [0.5, 0.6) is 0 Å². The first kappa shape index (κ1) is 26.3. The highest BCUT2D eigenvalue weighted by atomic mass is 32.2. The number of fused-ring (bicyclic) bond motifs is 2. The van der Waals surface area contributed by atoms with Gasteiger partial charge in [-0.15, -0.1) is 11.8 Å². The first-order valence-electron chi connectivity index (χ1n) is 13.4. The average Bonchev–Trinajstić information content (AvgIpc) is 3.10. The number of carbonyl (C=O) groups excluding carboxylic acids is 3. The maximum atomic E-state index is 14.2. The summed E-state index contributed by atoms with van der Waals surface area (Å²) in [5.41, 5.74) is 0. The van der Waals surface area contributed by atoms with Crippen molar-refractivity contribution in [3.05, 3.63) is 24.3 Å². The second-order valence-corrected chi connectivity index (χ2v) is 12.3. The molecule has 4 heterocycles. The van der Waals surface area contributed by atoms with Crippen molar-refractivity contribution in [2.45, 2.75) is 74.8 Å². The number of thioether (sulfide) groups is 1. The maximum Gasteiger partial charge on any atom is 0.247 e. The molecule has 194 valence electrons. The lowest BCUT2D eigenvalue weighted by atomic mass is 9.74. The zero-order valence-corrected chi connectivity index (χ0v) is 22.3. The van der Waals surface area contributed by atoms with E-state index in [1.54, 1.807) is 16.7 Å². The van der Waals surface area contributed by atoms with Crippen LogP contribution in [-0.2, 0) is 14.4 Å². The van der Waals surface area contributed by atoms with Crippen LogP contribution in [0, 0.1) is 11.8 Å². The van der Waals surface area contributed by atoms with Crippen LogP contribution in [0.4, 0.5) is 0 Å². The fourth-order valence-electron chi connectivity index (χ4n) is 6.45. The molecule has 0 bridgehead atoms. The number of unbranched alkanes of at least 4 members (excludes halogenated alkanes) is 3. The lowest BCUT2D eigenvalue weighted by Crippen LogP contribution is -2.53. The number of hydrogen-bond donors (Lipinski definition) is 1. The molecule has 4 aliphatic rings. The predicted molar refractivity (Wildman–Crippen MR) is 139 cm³/mol. The summed E-state index contributed by atoms with van der Waals surface area (Å²) in [6, 6.07) is -0.598. The molecule has 4 aliphatic heterocycles. The maximum absolute atomic E-state index is 14.2. The second kappa shape index (κ2) is 10.7. The van der Waals surface area contributed by atoms with E-state index in [0.29, 0.717) is 39.1 Å². The lowest BCUT2D eigenvalue weighted by molar-refractivity contribution is -0.145. The lowest BCUT2D eigenvalue weighted by Gasteiger charge is -2.37. The van der Waals surface area contributed by atoms with Gasteiger partial charge in [0.25, 0.3) is 0 Å². The molecule has 1 spiro atoms. The summed E-state index contributed by atoms with van der Waals surface area (Å²) in [6.45, 7) is 9.33. The van der Waals surface area contributed by atoms with Crippen LogP contribution in [0.25, 0.3) is 0 Å². The Kier molecular flexibility index (Phi) is 8.01. The van der Waals surface area contributed by atoms with Crippen LogP contribution in [0.1, 0.15) is 59.3 Å². The molecular formula is C27H41N3O4S. The van der Waals surface area contributed by atoms with Gasteiger partial charge >= 0.3 is 0 Å². The van der Waals surface area contributed by atoms with E-state index < -0.39 is 27.4 Å². The summed E-state index contributed by atoms with van der Waals surface area (Å²) in [5.74, 6) is -1.06. The smallest absolute Gasteiger partial charge is 0.247 e. The highest BCUT2D eigenvalue weighted by Crippen LogP contribution is 2.65. The Bertz CT molecular complexity index is 892. The topological polar surface area (TPSA) is 81.2 Å². The van der Waals surface area contributed by atoms with Gasteiger partial charge in [0.05, 0.1) is 16.6 Å². The SMILES string of the molecule is CCCCN1CC=C[C@]23S[C@@]4(C)C=CCN(CCC)C(=O)[C@H]4[C@H]2C(=O)N(CCCCCO)C3C1=O. The number of hydrogen-bond acceptors (Lipinski definition) is 5. The van der Waals surface area contributed by atoms with Crippen molar-refractivity contribution >= 4 is 29.5 Å². The Balaban J connectivity index is 1.76. The molecule has 7 nitrogen and oxygen atoms in total. The fourth-order valence-corrected chi connectivity index (χ4v) is 8.61. The van der Waals surface area contributed by atoms with E-state index in [1.165, 1.54) is 0 Å². The molecule has 0 aromatic carbocycles. The summed E-state index contributed by atoms with van der Waals surface area (Å²) >= 11 is 1.66. The minimum absolute atomic E-state index is 0.0101. The molecule has 0 radical (unpaired) electrons. The summed E-state index contributed by atoms with van der Waals surface area (Å²) < 4.78 is -1.29. The van der Waals surface area contributed by atoms with Gasteiger partial charge in [-0.2, -0.15) is 0 Å². The van der Waals surface area contributed by atoms with E-state index in [9.17, 15) is 19.5 Å². The largest absolute Gasteiger partial charge is 0.396 e.